The van der Waals surface area contributed by atoms with Crippen molar-refractivity contribution in [1.82, 2.24) is 14.1 Å². The average Bonchev–Trinajstić information content (AvgIpc) is 3.21. The number of esters is 1. The minimum absolute atomic E-state index is 0.0814. The second-order valence-electron chi connectivity index (χ2n) is 6.49. The van der Waals surface area contributed by atoms with Crippen molar-refractivity contribution in [2.24, 2.45) is 7.05 Å². The molecule has 0 saturated heterocycles. The maximum Gasteiger partial charge on any atom is 0.348 e. The second-order valence-corrected chi connectivity index (χ2v) is 7.52. The van der Waals surface area contributed by atoms with Gasteiger partial charge in [0.2, 0.25) is 0 Å². The highest BCUT2D eigenvalue weighted by atomic mass is 32.1. The molecule has 1 aromatic carbocycles. The van der Waals surface area contributed by atoms with Crippen molar-refractivity contribution in [3.63, 3.8) is 0 Å². The van der Waals surface area contributed by atoms with Gasteiger partial charge in [0, 0.05) is 25.0 Å². The maximum atomic E-state index is 12.9. The molecule has 0 atom stereocenters. The van der Waals surface area contributed by atoms with E-state index in [1.165, 1.54) is 15.2 Å². The van der Waals surface area contributed by atoms with Crippen LogP contribution in [-0.4, -0.2) is 20.1 Å². The summed E-state index contributed by atoms with van der Waals surface area (Å²) < 4.78 is 7.88. The molecule has 0 aliphatic rings. The first kappa shape index (κ1) is 18.8. The third kappa shape index (κ3) is 3.74. The van der Waals surface area contributed by atoms with Crippen molar-refractivity contribution in [3.05, 3.63) is 97.8 Å². The molecule has 0 unspecified atom stereocenters. The van der Waals surface area contributed by atoms with Crippen molar-refractivity contribution in [2.45, 2.75) is 13.2 Å². The Balaban J connectivity index is 1.67. The smallest absolute Gasteiger partial charge is 0.348 e. The van der Waals surface area contributed by atoms with Crippen LogP contribution in [0.15, 0.2) is 70.5 Å². The fraction of sp³-hybridized carbons (Fsp3) is 0.143. The van der Waals surface area contributed by atoms with Gasteiger partial charge < -0.3 is 4.74 Å². The van der Waals surface area contributed by atoms with Crippen LogP contribution >= 0.6 is 11.3 Å². The number of rotatable bonds is 5. The fourth-order valence-electron chi connectivity index (χ4n) is 2.99. The minimum atomic E-state index is -0.545. The van der Waals surface area contributed by atoms with Gasteiger partial charge in [0.1, 0.15) is 16.3 Å². The number of thiophene rings is 1. The molecule has 7 nitrogen and oxygen atoms in total. The third-order valence-corrected chi connectivity index (χ3v) is 5.68. The molecule has 3 heterocycles. The highest BCUT2D eigenvalue weighted by Gasteiger charge is 2.19. The number of fused-ring (bicyclic) bond motifs is 1. The number of hydrogen-bond acceptors (Lipinski definition) is 6. The Bertz CT molecular complexity index is 1290. The molecule has 8 heteroatoms. The molecule has 0 aliphatic carbocycles. The van der Waals surface area contributed by atoms with Gasteiger partial charge in [0.05, 0.1) is 11.9 Å². The number of benzene rings is 1. The standard InChI is InChI=1S/C21H17N3O4S/c1-23-19-16(18(25)24(21(23)27)12-14-6-3-2-4-7-14)10-17(29-19)20(26)28-13-15-8-5-9-22-11-15/h2-11H,12-13H2,1H3. The maximum absolute atomic E-state index is 12.9. The van der Waals surface area contributed by atoms with E-state index in [2.05, 4.69) is 4.98 Å². The first-order valence-corrected chi connectivity index (χ1v) is 9.69. The molecule has 0 N–H and O–H groups in total. The van der Waals surface area contributed by atoms with Gasteiger partial charge in [-0.3, -0.25) is 18.9 Å². The molecule has 0 spiro atoms. The van der Waals surface area contributed by atoms with Gasteiger partial charge in [-0.15, -0.1) is 11.3 Å². The van der Waals surface area contributed by atoms with Gasteiger partial charge in [-0.05, 0) is 17.7 Å². The first-order chi connectivity index (χ1) is 14.0. The summed E-state index contributed by atoms with van der Waals surface area (Å²) in [5.74, 6) is -0.545. The lowest BCUT2D eigenvalue weighted by atomic mass is 10.2. The topological polar surface area (TPSA) is 83.2 Å². The first-order valence-electron chi connectivity index (χ1n) is 8.88. The molecule has 146 valence electrons. The van der Waals surface area contributed by atoms with E-state index in [1.54, 1.807) is 31.6 Å². The van der Waals surface area contributed by atoms with Crippen molar-refractivity contribution < 1.29 is 9.53 Å². The van der Waals surface area contributed by atoms with Crippen LogP contribution in [0.4, 0.5) is 0 Å². The van der Waals surface area contributed by atoms with Crippen LogP contribution in [0.5, 0.6) is 0 Å². The molecule has 4 aromatic rings. The van der Waals surface area contributed by atoms with Gasteiger partial charge in [-0.1, -0.05) is 36.4 Å². The molecule has 0 amide bonds. The van der Waals surface area contributed by atoms with Crippen molar-refractivity contribution >= 4 is 27.5 Å². The van der Waals surface area contributed by atoms with Crippen LogP contribution in [0.2, 0.25) is 0 Å². The molecule has 3 aromatic heterocycles. The zero-order valence-electron chi connectivity index (χ0n) is 15.6. The lowest BCUT2D eigenvalue weighted by Crippen LogP contribution is -2.38. The Morgan fingerprint density at radius 3 is 2.59 bits per heavy atom. The Morgan fingerprint density at radius 2 is 1.86 bits per heavy atom. The van der Waals surface area contributed by atoms with E-state index in [-0.39, 0.29) is 18.0 Å². The number of carbonyl (C=O) groups is 1. The molecule has 0 aliphatic heterocycles. The molecular weight excluding hydrogens is 390 g/mol. The summed E-state index contributed by atoms with van der Waals surface area (Å²) in [6.07, 6.45) is 3.25. The predicted molar refractivity (Wildman–Crippen MR) is 110 cm³/mol. The summed E-state index contributed by atoms with van der Waals surface area (Å²) in [5.41, 5.74) is 0.759. The van der Waals surface area contributed by atoms with Gasteiger partial charge in [0.15, 0.2) is 0 Å². The normalized spacial score (nSPS) is 10.9. The van der Waals surface area contributed by atoms with E-state index in [0.717, 1.165) is 22.5 Å². The molecule has 4 rings (SSSR count). The molecule has 0 bridgehead atoms. The van der Waals surface area contributed by atoms with Crippen LogP contribution in [0.25, 0.3) is 10.2 Å². The van der Waals surface area contributed by atoms with Gasteiger partial charge >= 0.3 is 11.7 Å². The average molecular weight is 407 g/mol. The zero-order chi connectivity index (χ0) is 20.4. The Labute approximate surface area is 169 Å². The van der Waals surface area contributed by atoms with E-state index in [9.17, 15) is 14.4 Å². The highest BCUT2D eigenvalue weighted by molar-refractivity contribution is 7.20. The van der Waals surface area contributed by atoms with Gasteiger partial charge in [-0.25, -0.2) is 9.59 Å². The molecule has 0 saturated carbocycles. The number of aromatic nitrogens is 3. The highest BCUT2D eigenvalue weighted by Crippen LogP contribution is 2.23. The summed E-state index contributed by atoms with van der Waals surface area (Å²) in [6, 6.07) is 14.3. The zero-order valence-corrected chi connectivity index (χ0v) is 16.4. The minimum Gasteiger partial charge on any atom is -0.457 e. The van der Waals surface area contributed by atoms with Crippen LogP contribution < -0.4 is 11.2 Å². The van der Waals surface area contributed by atoms with E-state index < -0.39 is 17.2 Å². The lowest BCUT2D eigenvalue weighted by Gasteiger charge is -2.08. The number of ether oxygens (including phenoxy) is 1. The Kier molecular flexibility index (Phi) is 5.09. The molecular formula is C21H17N3O4S. The summed E-state index contributed by atoms with van der Waals surface area (Å²) in [7, 11) is 1.59. The summed E-state index contributed by atoms with van der Waals surface area (Å²) in [4.78, 5) is 42.8. The number of nitrogens with zero attached hydrogens (tertiary/aromatic N) is 3. The van der Waals surface area contributed by atoms with Crippen LogP contribution in [0.1, 0.15) is 20.8 Å². The predicted octanol–water partition coefficient (Wildman–Crippen LogP) is 2.56. The van der Waals surface area contributed by atoms with Crippen molar-refractivity contribution in [3.8, 4) is 0 Å². The van der Waals surface area contributed by atoms with E-state index in [1.807, 2.05) is 30.3 Å². The van der Waals surface area contributed by atoms with E-state index in [4.69, 9.17) is 4.74 Å². The van der Waals surface area contributed by atoms with Crippen LogP contribution in [0, 0.1) is 0 Å². The van der Waals surface area contributed by atoms with Crippen molar-refractivity contribution in [2.75, 3.05) is 0 Å². The van der Waals surface area contributed by atoms with Gasteiger partial charge in [0.25, 0.3) is 5.56 Å². The van der Waals surface area contributed by atoms with E-state index in [0.29, 0.717) is 10.2 Å². The molecule has 0 fully saturated rings. The monoisotopic (exact) mass is 407 g/mol. The summed E-state index contributed by atoms with van der Waals surface area (Å²) in [6.45, 7) is 0.247. The molecule has 29 heavy (non-hydrogen) atoms. The molecule has 0 radical (unpaired) electrons. The third-order valence-electron chi connectivity index (χ3n) is 4.49. The summed E-state index contributed by atoms with van der Waals surface area (Å²) in [5, 5.41) is 0.321. The largest absolute Gasteiger partial charge is 0.457 e. The number of carbonyl (C=O) groups excluding carboxylic acids is 1. The number of hydrogen-bond donors (Lipinski definition) is 0. The Hall–Kier alpha value is -3.52. The Morgan fingerprint density at radius 1 is 1.10 bits per heavy atom. The number of pyridine rings is 1. The quantitative estimate of drug-likeness (QED) is 0.475. The SMILES string of the molecule is Cn1c(=O)n(Cc2ccccc2)c(=O)c2cc(C(=O)OCc3cccnc3)sc21. The number of aryl methyl sites for hydroxylation is 1. The van der Waals surface area contributed by atoms with Crippen LogP contribution in [0.3, 0.4) is 0 Å². The second kappa shape index (κ2) is 7.84. The van der Waals surface area contributed by atoms with Crippen molar-refractivity contribution in [1.29, 1.82) is 0 Å². The van der Waals surface area contributed by atoms with Crippen LogP contribution in [-0.2, 0) is 24.9 Å². The fourth-order valence-corrected chi connectivity index (χ4v) is 3.99. The lowest BCUT2D eigenvalue weighted by molar-refractivity contribution is 0.0478. The van der Waals surface area contributed by atoms with E-state index >= 15 is 0 Å². The van der Waals surface area contributed by atoms with Gasteiger partial charge in [-0.2, -0.15) is 0 Å². The summed E-state index contributed by atoms with van der Waals surface area (Å²) >= 11 is 1.07.